The Bertz CT molecular complexity index is 793. The van der Waals surface area contributed by atoms with Gasteiger partial charge >= 0.3 is 6.03 Å². The first-order chi connectivity index (χ1) is 11.3. The minimum Gasteiger partial charge on any atom is -0.317 e. The van der Waals surface area contributed by atoms with E-state index in [0.29, 0.717) is 17.7 Å². The molecule has 0 atom stereocenters. The number of hydrogen-bond donors (Lipinski definition) is 1. The maximum Gasteiger partial charge on any atom is 0.324 e. The van der Waals surface area contributed by atoms with E-state index in [1.165, 1.54) is 11.3 Å². The lowest BCUT2D eigenvalue weighted by Crippen LogP contribution is -2.36. The van der Waals surface area contributed by atoms with E-state index in [-0.39, 0.29) is 6.03 Å². The van der Waals surface area contributed by atoms with Crippen molar-refractivity contribution in [1.29, 1.82) is 0 Å². The summed E-state index contributed by atoms with van der Waals surface area (Å²) in [6.45, 7) is 0.641. The lowest BCUT2D eigenvalue weighted by atomic mass is 10.2. The number of nitrogens with zero attached hydrogens (tertiary/aromatic N) is 2. The predicted octanol–water partition coefficient (Wildman–Crippen LogP) is 4.49. The van der Waals surface area contributed by atoms with Gasteiger partial charge in [-0.25, -0.2) is 9.78 Å². The van der Waals surface area contributed by atoms with Gasteiger partial charge in [0.05, 0.1) is 10.2 Å². The number of aromatic nitrogens is 1. The second-order valence-electron chi connectivity index (χ2n) is 5.76. The van der Waals surface area contributed by atoms with Crippen LogP contribution >= 0.6 is 11.3 Å². The van der Waals surface area contributed by atoms with Crippen LogP contribution in [0.25, 0.3) is 10.2 Å². The molecule has 116 valence electrons. The summed E-state index contributed by atoms with van der Waals surface area (Å²) in [5, 5.41) is 3.63. The molecule has 0 unspecified atom stereocenters. The van der Waals surface area contributed by atoms with Crippen LogP contribution in [0.1, 0.15) is 18.4 Å². The topological polar surface area (TPSA) is 45.2 Å². The number of carbonyl (C=O) groups is 1. The highest BCUT2D eigenvalue weighted by Gasteiger charge is 2.32. The minimum atomic E-state index is -0.0598. The number of carbonyl (C=O) groups excluding carboxylic acids is 1. The van der Waals surface area contributed by atoms with Gasteiger partial charge in [0.15, 0.2) is 5.13 Å². The molecule has 2 amide bonds. The van der Waals surface area contributed by atoms with Gasteiger partial charge in [0.25, 0.3) is 0 Å². The molecule has 23 heavy (non-hydrogen) atoms. The third-order valence-corrected chi connectivity index (χ3v) is 4.90. The van der Waals surface area contributed by atoms with E-state index in [1.54, 1.807) is 0 Å². The van der Waals surface area contributed by atoms with Gasteiger partial charge in [0.1, 0.15) is 0 Å². The first-order valence-electron chi connectivity index (χ1n) is 7.77. The Balaban J connectivity index is 1.51. The molecule has 2 aromatic carbocycles. The van der Waals surface area contributed by atoms with Gasteiger partial charge in [-0.2, -0.15) is 0 Å². The van der Waals surface area contributed by atoms with Crippen LogP contribution in [0, 0.1) is 0 Å². The summed E-state index contributed by atoms with van der Waals surface area (Å²) in [4.78, 5) is 19.1. The molecule has 5 heteroatoms. The van der Waals surface area contributed by atoms with Gasteiger partial charge in [0, 0.05) is 12.6 Å². The molecule has 0 saturated heterocycles. The summed E-state index contributed by atoms with van der Waals surface area (Å²) < 4.78 is 1.09. The number of para-hydroxylation sites is 1. The molecule has 0 aliphatic heterocycles. The molecule has 1 saturated carbocycles. The fourth-order valence-electron chi connectivity index (χ4n) is 2.62. The Morgan fingerprint density at radius 2 is 1.87 bits per heavy atom. The zero-order chi connectivity index (χ0) is 15.6. The number of anilines is 1. The summed E-state index contributed by atoms with van der Waals surface area (Å²) in [5.74, 6) is 0. The number of benzene rings is 2. The lowest BCUT2D eigenvalue weighted by Gasteiger charge is -2.22. The van der Waals surface area contributed by atoms with Crippen molar-refractivity contribution >= 4 is 32.7 Å². The van der Waals surface area contributed by atoms with Crippen LogP contribution < -0.4 is 5.32 Å². The third-order valence-electron chi connectivity index (χ3n) is 3.95. The van der Waals surface area contributed by atoms with Crippen LogP contribution in [0.4, 0.5) is 9.93 Å². The number of amides is 2. The maximum atomic E-state index is 12.7. The molecular formula is C18H17N3OS. The summed E-state index contributed by atoms with van der Waals surface area (Å²) in [6.07, 6.45) is 2.17. The molecule has 1 aromatic heterocycles. The fourth-order valence-corrected chi connectivity index (χ4v) is 3.48. The van der Waals surface area contributed by atoms with Crippen LogP contribution in [-0.2, 0) is 6.54 Å². The average molecular weight is 323 g/mol. The zero-order valence-corrected chi connectivity index (χ0v) is 13.4. The Hall–Kier alpha value is -2.40. The van der Waals surface area contributed by atoms with Gasteiger partial charge < -0.3 is 4.90 Å². The van der Waals surface area contributed by atoms with Crippen LogP contribution in [0.2, 0.25) is 0 Å². The maximum absolute atomic E-state index is 12.7. The van der Waals surface area contributed by atoms with Crippen molar-refractivity contribution in [3.63, 3.8) is 0 Å². The van der Waals surface area contributed by atoms with E-state index < -0.39 is 0 Å². The Kier molecular flexibility index (Phi) is 3.71. The van der Waals surface area contributed by atoms with Crippen molar-refractivity contribution in [2.24, 2.45) is 0 Å². The fraction of sp³-hybridized carbons (Fsp3) is 0.222. The molecule has 4 rings (SSSR count). The summed E-state index contributed by atoms with van der Waals surface area (Å²) in [5.41, 5.74) is 2.08. The quantitative estimate of drug-likeness (QED) is 0.768. The number of thiazole rings is 1. The highest BCUT2D eigenvalue weighted by atomic mass is 32.1. The van der Waals surface area contributed by atoms with Gasteiger partial charge in [-0.05, 0) is 30.5 Å². The summed E-state index contributed by atoms with van der Waals surface area (Å²) in [6, 6.07) is 18.3. The summed E-state index contributed by atoms with van der Waals surface area (Å²) in [7, 11) is 0. The second kappa shape index (κ2) is 6.01. The highest BCUT2D eigenvalue weighted by molar-refractivity contribution is 7.22. The normalized spacial score (nSPS) is 13.9. The van der Waals surface area contributed by atoms with Crippen molar-refractivity contribution in [2.45, 2.75) is 25.4 Å². The van der Waals surface area contributed by atoms with Crippen molar-refractivity contribution in [2.75, 3.05) is 5.32 Å². The van der Waals surface area contributed by atoms with Crippen molar-refractivity contribution in [1.82, 2.24) is 9.88 Å². The standard InChI is InChI=1S/C18H17N3OS/c22-18(20-17-19-15-8-4-5-9-16(15)23-17)21(14-10-11-14)12-13-6-2-1-3-7-13/h1-9,14H,10-12H2,(H,19,20,22). The minimum absolute atomic E-state index is 0.0598. The molecule has 1 aliphatic carbocycles. The Labute approximate surface area is 138 Å². The predicted molar refractivity (Wildman–Crippen MR) is 93.6 cm³/mol. The molecular weight excluding hydrogens is 306 g/mol. The van der Waals surface area contributed by atoms with Crippen molar-refractivity contribution < 1.29 is 4.79 Å². The van der Waals surface area contributed by atoms with E-state index in [9.17, 15) is 4.79 Å². The first kappa shape index (κ1) is 14.2. The van der Waals surface area contributed by atoms with E-state index in [4.69, 9.17) is 0 Å². The highest BCUT2D eigenvalue weighted by Crippen LogP contribution is 2.30. The Morgan fingerprint density at radius 1 is 1.13 bits per heavy atom. The van der Waals surface area contributed by atoms with E-state index in [2.05, 4.69) is 22.4 Å². The van der Waals surface area contributed by atoms with Crippen LogP contribution in [-0.4, -0.2) is 22.0 Å². The SMILES string of the molecule is O=C(Nc1nc2ccccc2s1)N(Cc1ccccc1)C1CC1. The smallest absolute Gasteiger partial charge is 0.317 e. The zero-order valence-electron chi connectivity index (χ0n) is 12.6. The number of rotatable bonds is 4. The van der Waals surface area contributed by atoms with Crippen molar-refractivity contribution in [3.8, 4) is 0 Å². The van der Waals surface area contributed by atoms with Gasteiger partial charge in [-0.1, -0.05) is 53.8 Å². The van der Waals surface area contributed by atoms with E-state index in [1.807, 2.05) is 47.4 Å². The van der Waals surface area contributed by atoms with E-state index >= 15 is 0 Å². The van der Waals surface area contributed by atoms with Crippen molar-refractivity contribution in [3.05, 3.63) is 60.2 Å². The molecule has 0 radical (unpaired) electrons. The Morgan fingerprint density at radius 3 is 2.61 bits per heavy atom. The van der Waals surface area contributed by atoms with E-state index in [0.717, 1.165) is 28.6 Å². The lowest BCUT2D eigenvalue weighted by molar-refractivity contribution is 0.206. The molecule has 1 heterocycles. The third kappa shape index (κ3) is 3.19. The monoisotopic (exact) mass is 323 g/mol. The summed E-state index contributed by atoms with van der Waals surface area (Å²) >= 11 is 1.51. The number of hydrogen-bond acceptors (Lipinski definition) is 3. The molecule has 4 nitrogen and oxygen atoms in total. The molecule has 3 aromatic rings. The van der Waals surface area contributed by atoms with Gasteiger partial charge in [-0.3, -0.25) is 5.32 Å². The number of fused-ring (bicyclic) bond motifs is 1. The van der Waals surface area contributed by atoms with Gasteiger partial charge in [0.2, 0.25) is 0 Å². The number of nitrogens with one attached hydrogen (secondary N) is 1. The number of urea groups is 1. The molecule has 1 fully saturated rings. The molecule has 1 N–H and O–H groups in total. The largest absolute Gasteiger partial charge is 0.324 e. The average Bonchev–Trinajstić information content (AvgIpc) is 3.33. The van der Waals surface area contributed by atoms with Crippen LogP contribution in [0.3, 0.4) is 0 Å². The molecule has 0 bridgehead atoms. The molecule has 0 spiro atoms. The second-order valence-corrected chi connectivity index (χ2v) is 6.79. The van der Waals surface area contributed by atoms with Crippen LogP contribution in [0.5, 0.6) is 0 Å². The molecule has 1 aliphatic rings. The first-order valence-corrected chi connectivity index (χ1v) is 8.58. The van der Waals surface area contributed by atoms with Crippen LogP contribution in [0.15, 0.2) is 54.6 Å². The van der Waals surface area contributed by atoms with Gasteiger partial charge in [-0.15, -0.1) is 0 Å².